The number of ether oxygens (including phenoxy) is 1. The number of amides is 1. The predicted octanol–water partition coefficient (Wildman–Crippen LogP) is 2.86. The molecule has 0 saturated carbocycles. The third kappa shape index (κ3) is 7.41. The molecule has 0 bridgehead atoms. The van der Waals surface area contributed by atoms with Gasteiger partial charge in [-0.2, -0.15) is 0 Å². The van der Waals surface area contributed by atoms with Crippen LogP contribution in [-0.2, 0) is 22.6 Å². The molecule has 1 amide bonds. The van der Waals surface area contributed by atoms with Crippen LogP contribution in [0.3, 0.4) is 0 Å². The molecule has 0 aromatic heterocycles. The lowest BCUT2D eigenvalue weighted by molar-refractivity contribution is -0.121. The fourth-order valence-electron chi connectivity index (χ4n) is 4.52. The minimum Gasteiger partial charge on any atom is -0.373 e. The molecule has 4 rings (SSSR count). The number of halogens is 1. The lowest BCUT2D eigenvalue weighted by Gasteiger charge is -2.36. The van der Waals surface area contributed by atoms with Crippen molar-refractivity contribution in [3.05, 3.63) is 71.8 Å². The highest BCUT2D eigenvalue weighted by Gasteiger charge is 2.41. The Bertz CT molecular complexity index is 912. The average Bonchev–Trinajstić information content (AvgIpc) is 3.29. The molecule has 184 valence electrons. The Labute approximate surface area is 220 Å². The number of hydrogen-bond acceptors (Lipinski definition) is 4. The number of benzene rings is 2. The summed E-state index contributed by atoms with van der Waals surface area (Å²) in [6.07, 6.45) is 0.555. The number of nitrogens with one attached hydrogen (secondary N) is 2. The number of aliphatic imine (C=N–C) groups is 1. The molecule has 8 heteroatoms. The van der Waals surface area contributed by atoms with Gasteiger partial charge >= 0.3 is 0 Å². The van der Waals surface area contributed by atoms with E-state index < -0.39 is 0 Å². The topological polar surface area (TPSA) is 69.2 Å². The summed E-state index contributed by atoms with van der Waals surface area (Å²) in [7, 11) is 0. The fourth-order valence-corrected chi connectivity index (χ4v) is 4.52. The van der Waals surface area contributed by atoms with Crippen LogP contribution in [0.5, 0.6) is 0 Å². The van der Waals surface area contributed by atoms with Crippen molar-refractivity contribution in [3.8, 4) is 0 Å². The normalized spacial score (nSPS) is 20.4. The smallest absolute Gasteiger partial charge is 0.222 e. The van der Waals surface area contributed by atoms with Gasteiger partial charge < -0.3 is 20.3 Å². The van der Waals surface area contributed by atoms with E-state index in [0.717, 1.165) is 50.9 Å². The molecule has 0 radical (unpaired) electrons. The second-order valence-corrected chi connectivity index (χ2v) is 8.59. The maximum Gasteiger partial charge on any atom is 0.222 e. The van der Waals surface area contributed by atoms with Crippen LogP contribution < -0.4 is 10.6 Å². The number of guanidine groups is 1. The van der Waals surface area contributed by atoms with Gasteiger partial charge in [0.15, 0.2) is 5.96 Å². The first-order valence-electron chi connectivity index (χ1n) is 12.0. The molecule has 2 fully saturated rings. The van der Waals surface area contributed by atoms with Gasteiger partial charge in [0.1, 0.15) is 0 Å². The minimum absolute atomic E-state index is 0. The number of hydrogen-bond donors (Lipinski definition) is 2. The van der Waals surface area contributed by atoms with Gasteiger partial charge in [-0.15, -0.1) is 24.0 Å². The number of likely N-dealkylation sites (tertiary alicyclic amines) is 1. The number of carbonyl (C=O) groups excluding carboxylic acids is 1. The Hall–Kier alpha value is -2.17. The van der Waals surface area contributed by atoms with Crippen LogP contribution in [-0.4, -0.2) is 73.1 Å². The molecule has 2 heterocycles. The van der Waals surface area contributed by atoms with Crippen molar-refractivity contribution in [3.63, 3.8) is 0 Å². The molecule has 2 saturated heterocycles. The fraction of sp³-hybridized carbons (Fsp3) is 0.462. The monoisotopic (exact) mass is 577 g/mol. The summed E-state index contributed by atoms with van der Waals surface area (Å²) in [6, 6.07) is 20.9. The second-order valence-electron chi connectivity index (χ2n) is 8.59. The van der Waals surface area contributed by atoms with E-state index in [4.69, 9.17) is 9.73 Å². The molecular weight excluding hydrogens is 541 g/mol. The molecule has 2 atom stereocenters. The molecule has 0 aliphatic carbocycles. The van der Waals surface area contributed by atoms with Crippen molar-refractivity contribution in [1.82, 2.24) is 20.4 Å². The SMILES string of the molecule is CCNC(=NCCC(=O)NCc1ccccc1)N1CC2OCCN(Cc3ccccc3)C2C1.I. The molecule has 2 aliphatic rings. The number of nitrogens with zero attached hydrogens (tertiary/aromatic N) is 3. The summed E-state index contributed by atoms with van der Waals surface area (Å²) in [6.45, 7) is 8.22. The van der Waals surface area contributed by atoms with Crippen LogP contribution in [0.2, 0.25) is 0 Å². The molecular formula is C26H36IN5O2. The van der Waals surface area contributed by atoms with E-state index in [0.29, 0.717) is 25.6 Å². The van der Waals surface area contributed by atoms with Crippen molar-refractivity contribution < 1.29 is 9.53 Å². The van der Waals surface area contributed by atoms with Gasteiger partial charge in [0.25, 0.3) is 0 Å². The average molecular weight is 578 g/mol. The van der Waals surface area contributed by atoms with Crippen molar-refractivity contribution >= 4 is 35.8 Å². The van der Waals surface area contributed by atoms with Gasteiger partial charge in [0.05, 0.1) is 25.3 Å². The molecule has 34 heavy (non-hydrogen) atoms. The van der Waals surface area contributed by atoms with E-state index in [1.54, 1.807) is 0 Å². The van der Waals surface area contributed by atoms with Crippen LogP contribution in [0.15, 0.2) is 65.7 Å². The summed E-state index contributed by atoms with van der Waals surface area (Å²) in [4.78, 5) is 21.8. The Morgan fingerprint density at radius 2 is 1.74 bits per heavy atom. The van der Waals surface area contributed by atoms with Gasteiger partial charge in [0, 0.05) is 45.7 Å². The summed E-state index contributed by atoms with van der Waals surface area (Å²) >= 11 is 0. The third-order valence-electron chi connectivity index (χ3n) is 6.21. The Kier molecular flexibility index (Phi) is 10.6. The van der Waals surface area contributed by atoms with Crippen LogP contribution in [0, 0.1) is 0 Å². The summed E-state index contributed by atoms with van der Waals surface area (Å²) < 4.78 is 6.11. The van der Waals surface area contributed by atoms with Crippen molar-refractivity contribution in [2.45, 2.75) is 38.6 Å². The van der Waals surface area contributed by atoms with Crippen LogP contribution >= 0.6 is 24.0 Å². The van der Waals surface area contributed by atoms with Gasteiger partial charge in [-0.1, -0.05) is 60.7 Å². The first-order chi connectivity index (χ1) is 16.2. The maximum atomic E-state index is 12.3. The Morgan fingerprint density at radius 3 is 2.44 bits per heavy atom. The van der Waals surface area contributed by atoms with E-state index in [-0.39, 0.29) is 36.0 Å². The lowest BCUT2D eigenvalue weighted by atomic mass is 10.1. The van der Waals surface area contributed by atoms with E-state index in [1.807, 2.05) is 30.3 Å². The number of rotatable bonds is 8. The van der Waals surface area contributed by atoms with Crippen LogP contribution in [0.4, 0.5) is 0 Å². The van der Waals surface area contributed by atoms with Gasteiger partial charge in [-0.3, -0.25) is 14.7 Å². The van der Waals surface area contributed by atoms with Crippen molar-refractivity contribution in [2.75, 3.05) is 39.3 Å². The van der Waals surface area contributed by atoms with Crippen LogP contribution in [0.25, 0.3) is 0 Å². The molecule has 2 unspecified atom stereocenters. The minimum atomic E-state index is 0. The Balaban J connectivity index is 0.00000324. The van der Waals surface area contributed by atoms with Gasteiger partial charge in [-0.05, 0) is 18.1 Å². The van der Waals surface area contributed by atoms with Crippen LogP contribution in [0.1, 0.15) is 24.5 Å². The first kappa shape index (κ1) is 26.4. The zero-order valence-electron chi connectivity index (χ0n) is 19.9. The van der Waals surface area contributed by atoms with Crippen molar-refractivity contribution in [1.29, 1.82) is 0 Å². The lowest BCUT2D eigenvalue weighted by Crippen LogP contribution is -2.50. The number of carbonyl (C=O) groups is 1. The largest absolute Gasteiger partial charge is 0.373 e. The highest BCUT2D eigenvalue weighted by atomic mass is 127. The van der Waals surface area contributed by atoms with E-state index in [1.165, 1.54) is 5.56 Å². The molecule has 2 aliphatic heterocycles. The van der Waals surface area contributed by atoms with Gasteiger partial charge in [0.2, 0.25) is 5.91 Å². The van der Waals surface area contributed by atoms with Crippen molar-refractivity contribution in [2.24, 2.45) is 4.99 Å². The molecule has 2 aromatic rings. The molecule has 2 N–H and O–H groups in total. The molecule has 2 aromatic carbocycles. The van der Waals surface area contributed by atoms with E-state index in [9.17, 15) is 4.79 Å². The first-order valence-corrected chi connectivity index (χ1v) is 12.0. The second kappa shape index (κ2) is 13.7. The highest BCUT2D eigenvalue weighted by molar-refractivity contribution is 14.0. The van der Waals surface area contributed by atoms with Gasteiger partial charge in [-0.25, -0.2) is 0 Å². The summed E-state index contributed by atoms with van der Waals surface area (Å²) in [5.41, 5.74) is 2.43. The molecule has 0 spiro atoms. The quantitative estimate of drug-likeness (QED) is 0.287. The molecule has 7 nitrogen and oxygen atoms in total. The standard InChI is InChI=1S/C26H35N5O2.HI/c1-2-27-26(28-14-13-25(32)29-17-21-9-5-3-6-10-21)31-19-23-24(20-31)33-16-15-30(23)18-22-11-7-4-8-12-22;/h3-12,23-24H,2,13-20H2,1H3,(H,27,28)(H,29,32);1H. The number of fused-ring (bicyclic) bond motifs is 1. The highest BCUT2D eigenvalue weighted by Crippen LogP contribution is 2.24. The maximum absolute atomic E-state index is 12.3. The predicted molar refractivity (Wildman–Crippen MR) is 146 cm³/mol. The van der Waals surface area contributed by atoms with E-state index in [2.05, 4.69) is 57.7 Å². The van der Waals surface area contributed by atoms with E-state index >= 15 is 0 Å². The zero-order valence-corrected chi connectivity index (χ0v) is 22.2. The zero-order chi connectivity index (χ0) is 22.9. The number of morpholine rings is 1. The summed E-state index contributed by atoms with van der Waals surface area (Å²) in [5.74, 6) is 0.886. The Morgan fingerprint density at radius 1 is 1.03 bits per heavy atom. The summed E-state index contributed by atoms with van der Waals surface area (Å²) in [5, 5.41) is 6.38. The third-order valence-corrected chi connectivity index (χ3v) is 6.21.